The number of rotatable bonds is 6. The van der Waals surface area contributed by atoms with Gasteiger partial charge in [0.1, 0.15) is 6.54 Å². The Morgan fingerprint density at radius 1 is 1.31 bits per heavy atom. The van der Waals surface area contributed by atoms with Crippen molar-refractivity contribution in [3.05, 3.63) is 27.1 Å². The zero-order valence-corrected chi connectivity index (χ0v) is 18.5. The van der Waals surface area contributed by atoms with Crippen LogP contribution in [0.1, 0.15) is 12.5 Å². The van der Waals surface area contributed by atoms with Gasteiger partial charge in [0, 0.05) is 13.1 Å². The van der Waals surface area contributed by atoms with E-state index < -0.39 is 11.1 Å². The van der Waals surface area contributed by atoms with Crippen LogP contribution in [0.15, 0.2) is 21.5 Å². The first kappa shape index (κ1) is 21.7. The number of imide groups is 1. The molecule has 0 saturated carbocycles. The van der Waals surface area contributed by atoms with Crippen LogP contribution in [0.25, 0.3) is 6.08 Å². The van der Waals surface area contributed by atoms with Crippen LogP contribution in [0, 0.1) is 0 Å². The molecular formula is C19H21BrN2O6S. The average molecular weight is 485 g/mol. The van der Waals surface area contributed by atoms with E-state index in [9.17, 15) is 14.4 Å². The van der Waals surface area contributed by atoms with E-state index >= 15 is 0 Å². The van der Waals surface area contributed by atoms with E-state index in [0.717, 1.165) is 16.7 Å². The summed E-state index contributed by atoms with van der Waals surface area (Å²) in [5.74, 6) is 0.332. The molecule has 0 spiro atoms. The molecule has 0 aromatic heterocycles. The van der Waals surface area contributed by atoms with Gasteiger partial charge in [-0.15, -0.1) is 0 Å². The minimum atomic E-state index is -0.481. The van der Waals surface area contributed by atoms with Gasteiger partial charge in [0.05, 0.1) is 36.3 Å². The van der Waals surface area contributed by atoms with E-state index in [1.54, 1.807) is 23.1 Å². The largest absolute Gasteiger partial charge is 0.493 e. The van der Waals surface area contributed by atoms with Crippen molar-refractivity contribution in [2.75, 3.05) is 46.6 Å². The summed E-state index contributed by atoms with van der Waals surface area (Å²) >= 11 is 4.26. The van der Waals surface area contributed by atoms with Gasteiger partial charge in [-0.3, -0.25) is 19.3 Å². The molecule has 0 unspecified atom stereocenters. The third-order valence-electron chi connectivity index (χ3n) is 4.37. The first-order chi connectivity index (χ1) is 13.9. The van der Waals surface area contributed by atoms with Crippen LogP contribution >= 0.6 is 27.7 Å². The molecule has 0 aliphatic carbocycles. The van der Waals surface area contributed by atoms with Gasteiger partial charge < -0.3 is 19.1 Å². The predicted molar refractivity (Wildman–Crippen MR) is 112 cm³/mol. The van der Waals surface area contributed by atoms with Crippen molar-refractivity contribution in [3.8, 4) is 11.5 Å². The van der Waals surface area contributed by atoms with Gasteiger partial charge in [-0.1, -0.05) is 0 Å². The number of methoxy groups -OCH3 is 1. The van der Waals surface area contributed by atoms with Crippen molar-refractivity contribution in [2.24, 2.45) is 0 Å². The average Bonchev–Trinajstić information content (AvgIpc) is 2.97. The number of benzene rings is 1. The zero-order chi connectivity index (χ0) is 21.0. The van der Waals surface area contributed by atoms with E-state index in [-0.39, 0.29) is 17.4 Å². The molecule has 3 rings (SSSR count). The second-order valence-corrected chi connectivity index (χ2v) is 8.08. The lowest BCUT2D eigenvalue weighted by atomic mass is 10.2. The molecule has 2 fully saturated rings. The first-order valence-corrected chi connectivity index (χ1v) is 10.7. The lowest BCUT2D eigenvalue weighted by Crippen LogP contribution is -2.46. The maximum absolute atomic E-state index is 12.7. The standard InChI is InChI=1S/C19H21BrN2O6S/c1-3-28-17-13(20)8-12(9-14(17)26-2)10-15-18(24)22(19(25)29-15)11-16(23)21-4-6-27-7-5-21/h8-10H,3-7,11H2,1-2H3/b15-10+. The number of halogens is 1. The second kappa shape index (κ2) is 9.64. The highest BCUT2D eigenvalue weighted by Gasteiger charge is 2.37. The van der Waals surface area contributed by atoms with Gasteiger partial charge in [0.2, 0.25) is 5.91 Å². The lowest BCUT2D eigenvalue weighted by Gasteiger charge is -2.28. The Balaban J connectivity index is 1.77. The normalized spacial score (nSPS) is 18.5. The maximum Gasteiger partial charge on any atom is 0.294 e. The number of morpholine rings is 1. The number of hydrogen-bond acceptors (Lipinski definition) is 7. The molecule has 156 valence electrons. The minimum absolute atomic E-state index is 0.253. The number of hydrogen-bond donors (Lipinski definition) is 0. The van der Waals surface area contributed by atoms with E-state index in [4.69, 9.17) is 14.2 Å². The van der Waals surface area contributed by atoms with Gasteiger partial charge in [-0.2, -0.15) is 0 Å². The molecule has 2 aliphatic rings. The zero-order valence-electron chi connectivity index (χ0n) is 16.1. The summed E-state index contributed by atoms with van der Waals surface area (Å²) in [6.07, 6.45) is 1.60. The fourth-order valence-electron chi connectivity index (χ4n) is 2.94. The Bertz CT molecular complexity index is 853. The summed E-state index contributed by atoms with van der Waals surface area (Å²) in [6, 6.07) is 3.50. The summed E-state index contributed by atoms with van der Waals surface area (Å²) < 4.78 is 16.8. The number of carbonyl (C=O) groups is 3. The maximum atomic E-state index is 12.7. The fourth-order valence-corrected chi connectivity index (χ4v) is 4.36. The highest BCUT2D eigenvalue weighted by molar-refractivity contribution is 9.10. The van der Waals surface area contributed by atoms with E-state index in [1.165, 1.54) is 7.11 Å². The molecule has 1 aromatic rings. The van der Waals surface area contributed by atoms with Crippen molar-refractivity contribution in [1.29, 1.82) is 0 Å². The number of amides is 3. The van der Waals surface area contributed by atoms with Crippen molar-refractivity contribution in [2.45, 2.75) is 6.92 Å². The number of thioether (sulfide) groups is 1. The quantitative estimate of drug-likeness (QED) is 0.573. The van der Waals surface area contributed by atoms with Gasteiger partial charge in [-0.05, 0) is 58.4 Å². The van der Waals surface area contributed by atoms with Crippen LogP contribution in [0.4, 0.5) is 4.79 Å². The summed E-state index contributed by atoms with van der Waals surface area (Å²) in [5, 5.41) is -0.458. The van der Waals surface area contributed by atoms with Crippen LogP contribution in [0.2, 0.25) is 0 Å². The molecular weight excluding hydrogens is 464 g/mol. The Morgan fingerprint density at radius 3 is 2.69 bits per heavy atom. The molecule has 0 radical (unpaired) electrons. The highest BCUT2D eigenvalue weighted by Crippen LogP contribution is 2.39. The summed E-state index contributed by atoms with van der Waals surface area (Å²) in [6.45, 7) is 3.93. The number of carbonyl (C=O) groups excluding carboxylic acids is 3. The smallest absolute Gasteiger partial charge is 0.294 e. The first-order valence-electron chi connectivity index (χ1n) is 9.05. The van der Waals surface area contributed by atoms with E-state index in [1.807, 2.05) is 6.92 Å². The van der Waals surface area contributed by atoms with Gasteiger partial charge in [0.25, 0.3) is 11.1 Å². The Hall–Kier alpha value is -2.04. The predicted octanol–water partition coefficient (Wildman–Crippen LogP) is 2.75. The van der Waals surface area contributed by atoms with Crippen molar-refractivity contribution in [1.82, 2.24) is 9.80 Å². The molecule has 0 bridgehead atoms. The third kappa shape index (κ3) is 4.93. The molecule has 8 nitrogen and oxygen atoms in total. The molecule has 2 heterocycles. The molecule has 2 aliphatic heterocycles. The number of nitrogens with zero attached hydrogens (tertiary/aromatic N) is 2. The van der Waals surface area contributed by atoms with Crippen molar-refractivity contribution >= 4 is 50.8 Å². The van der Waals surface area contributed by atoms with Crippen molar-refractivity contribution in [3.63, 3.8) is 0 Å². The van der Waals surface area contributed by atoms with Crippen LogP contribution in [0.5, 0.6) is 11.5 Å². The van der Waals surface area contributed by atoms with Crippen LogP contribution in [-0.2, 0) is 14.3 Å². The lowest BCUT2D eigenvalue weighted by molar-refractivity contribution is -0.139. The van der Waals surface area contributed by atoms with Crippen LogP contribution in [-0.4, -0.2) is 73.4 Å². The highest BCUT2D eigenvalue weighted by atomic mass is 79.9. The van der Waals surface area contributed by atoms with Crippen molar-refractivity contribution < 1.29 is 28.6 Å². The molecule has 0 N–H and O–H groups in total. The Kier molecular flexibility index (Phi) is 7.20. The fraction of sp³-hybridized carbons (Fsp3) is 0.421. The minimum Gasteiger partial charge on any atom is -0.493 e. The summed E-state index contributed by atoms with van der Waals surface area (Å²) in [7, 11) is 1.53. The third-order valence-corrected chi connectivity index (χ3v) is 5.87. The topological polar surface area (TPSA) is 85.4 Å². The molecule has 10 heteroatoms. The van der Waals surface area contributed by atoms with Gasteiger partial charge in [0.15, 0.2) is 11.5 Å². The molecule has 0 atom stereocenters. The second-order valence-electron chi connectivity index (χ2n) is 6.23. The van der Waals surface area contributed by atoms with Gasteiger partial charge >= 0.3 is 0 Å². The van der Waals surface area contributed by atoms with Crippen LogP contribution < -0.4 is 9.47 Å². The van der Waals surface area contributed by atoms with E-state index in [0.29, 0.717) is 54.4 Å². The summed E-state index contributed by atoms with van der Waals surface area (Å²) in [4.78, 5) is 40.2. The molecule has 3 amide bonds. The van der Waals surface area contributed by atoms with Crippen LogP contribution in [0.3, 0.4) is 0 Å². The van der Waals surface area contributed by atoms with Gasteiger partial charge in [-0.25, -0.2) is 0 Å². The van der Waals surface area contributed by atoms with E-state index in [2.05, 4.69) is 15.9 Å². The molecule has 1 aromatic carbocycles. The molecule has 2 saturated heterocycles. The monoisotopic (exact) mass is 484 g/mol. The summed E-state index contributed by atoms with van der Waals surface area (Å²) in [5.41, 5.74) is 0.669. The Morgan fingerprint density at radius 2 is 2.03 bits per heavy atom. The Labute approximate surface area is 181 Å². The number of ether oxygens (including phenoxy) is 3. The molecule has 29 heavy (non-hydrogen) atoms. The SMILES string of the molecule is CCOc1c(Br)cc(/C=C2/SC(=O)N(CC(=O)N3CCOCC3)C2=O)cc1OC.